The molecule has 0 fully saturated rings. The van der Waals surface area contributed by atoms with E-state index >= 15 is 0 Å². The van der Waals surface area contributed by atoms with Crippen molar-refractivity contribution in [3.05, 3.63) is 59.2 Å². The van der Waals surface area contributed by atoms with E-state index in [9.17, 15) is 13.9 Å². The van der Waals surface area contributed by atoms with E-state index in [4.69, 9.17) is 4.74 Å². The van der Waals surface area contributed by atoms with Crippen LogP contribution in [0.4, 0.5) is 8.78 Å². The Balaban J connectivity index is 1.85. The minimum Gasteiger partial charge on any atom is -0.493 e. The Morgan fingerprint density at radius 1 is 1.10 bits per heavy atom. The van der Waals surface area contributed by atoms with E-state index in [1.165, 1.54) is 12.1 Å². The fraction of sp³-hybridized carbons (Fsp3) is 0.250. The average Bonchev–Trinajstić information content (AvgIpc) is 2.95. The van der Waals surface area contributed by atoms with Crippen LogP contribution in [0.1, 0.15) is 22.8 Å². The molecular formula is C16H14F2O3. The summed E-state index contributed by atoms with van der Waals surface area (Å²) >= 11 is 0. The van der Waals surface area contributed by atoms with Gasteiger partial charge in [-0.05, 0) is 23.3 Å². The molecule has 1 atom stereocenters. The standard InChI is InChI=1S/C16H14F2O3/c17-16(18)21-12-6-4-10(5-7-12)14(19)13-3-1-2-11-8-9-20-15(11)13/h1-7,14,16,19H,8-9H2. The zero-order valence-electron chi connectivity index (χ0n) is 11.1. The van der Waals surface area contributed by atoms with Gasteiger partial charge in [-0.2, -0.15) is 8.78 Å². The summed E-state index contributed by atoms with van der Waals surface area (Å²) < 4.78 is 34.1. The van der Waals surface area contributed by atoms with Gasteiger partial charge in [-0.25, -0.2) is 0 Å². The minimum absolute atomic E-state index is 0.0653. The molecule has 5 heteroatoms. The van der Waals surface area contributed by atoms with E-state index in [2.05, 4.69) is 4.74 Å². The summed E-state index contributed by atoms with van der Waals surface area (Å²) in [7, 11) is 0. The quantitative estimate of drug-likeness (QED) is 0.939. The molecule has 1 unspecified atom stereocenters. The van der Waals surface area contributed by atoms with Crippen LogP contribution in [0, 0.1) is 0 Å². The van der Waals surface area contributed by atoms with Crippen LogP contribution >= 0.6 is 0 Å². The second kappa shape index (κ2) is 5.69. The number of aliphatic hydroxyl groups excluding tert-OH is 1. The van der Waals surface area contributed by atoms with E-state index < -0.39 is 12.7 Å². The lowest BCUT2D eigenvalue weighted by molar-refractivity contribution is -0.0498. The molecular weight excluding hydrogens is 278 g/mol. The summed E-state index contributed by atoms with van der Waals surface area (Å²) in [5.74, 6) is 0.786. The van der Waals surface area contributed by atoms with Crippen molar-refractivity contribution < 1.29 is 23.4 Å². The molecule has 110 valence electrons. The molecule has 0 saturated carbocycles. The van der Waals surface area contributed by atoms with Gasteiger partial charge < -0.3 is 14.6 Å². The highest BCUT2D eigenvalue weighted by molar-refractivity contribution is 5.48. The van der Waals surface area contributed by atoms with Crippen molar-refractivity contribution in [1.29, 1.82) is 0 Å². The van der Waals surface area contributed by atoms with Gasteiger partial charge in [-0.1, -0.05) is 30.3 Å². The van der Waals surface area contributed by atoms with Crippen LogP contribution in [0.3, 0.4) is 0 Å². The fourth-order valence-corrected chi connectivity index (χ4v) is 2.47. The number of rotatable bonds is 4. The van der Waals surface area contributed by atoms with Gasteiger partial charge in [0.1, 0.15) is 17.6 Å². The Bertz CT molecular complexity index is 626. The third-order valence-corrected chi connectivity index (χ3v) is 3.46. The molecule has 0 bridgehead atoms. The summed E-state index contributed by atoms with van der Waals surface area (Å²) in [6.45, 7) is -2.24. The predicted octanol–water partition coefficient (Wildman–Crippen LogP) is 3.30. The molecule has 2 aromatic rings. The number of ether oxygens (including phenoxy) is 2. The first kappa shape index (κ1) is 13.8. The molecule has 3 rings (SSSR count). The summed E-state index contributed by atoms with van der Waals surface area (Å²) in [5.41, 5.74) is 2.36. The number of alkyl halides is 2. The molecule has 0 spiro atoms. The molecule has 1 N–H and O–H groups in total. The monoisotopic (exact) mass is 292 g/mol. The number of fused-ring (bicyclic) bond motifs is 1. The summed E-state index contributed by atoms with van der Waals surface area (Å²) in [6, 6.07) is 11.6. The molecule has 0 amide bonds. The molecule has 0 saturated heterocycles. The van der Waals surface area contributed by atoms with Crippen molar-refractivity contribution >= 4 is 0 Å². The first-order chi connectivity index (χ1) is 10.1. The maximum Gasteiger partial charge on any atom is 0.387 e. The molecule has 3 nitrogen and oxygen atoms in total. The zero-order chi connectivity index (χ0) is 14.8. The van der Waals surface area contributed by atoms with E-state index in [-0.39, 0.29) is 5.75 Å². The summed E-state index contributed by atoms with van der Waals surface area (Å²) in [6.07, 6.45) is -0.0319. The lowest BCUT2D eigenvalue weighted by Gasteiger charge is -2.15. The largest absolute Gasteiger partial charge is 0.493 e. The van der Waals surface area contributed by atoms with Crippen molar-refractivity contribution in [2.24, 2.45) is 0 Å². The Morgan fingerprint density at radius 3 is 2.57 bits per heavy atom. The molecule has 0 radical (unpaired) electrons. The van der Waals surface area contributed by atoms with Crippen molar-refractivity contribution in [2.75, 3.05) is 6.61 Å². The van der Waals surface area contributed by atoms with Crippen LogP contribution in [0.15, 0.2) is 42.5 Å². The van der Waals surface area contributed by atoms with E-state index in [0.717, 1.165) is 17.7 Å². The third kappa shape index (κ3) is 2.83. The Morgan fingerprint density at radius 2 is 1.86 bits per heavy atom. The average molecular weight is 292 g/mol. The zero-order valence-corrected chi connectivity index (χ0v) is 11.1. The lowest BCUT2D eigenvalue weighted by atomic mass is 9.98. The summed E-state index contributed by atoms with van der Waals surface area (Å²) in [4.78, 5) is 0. The van der Waals surface area contributed by atoms with Crippen molar-refractivity contribution in [3.8, 4) is 11.5 Å². The van der Waals surface area contributed by atoms with Gasteiger partial charge in [0.15, 0.2) is 0 Å². The van der Waals surface area contributed by atoms with Crippen LogP contribution in [0.2, 0.25) is 0 Å². The van der Waals surface area contributed by atoms with Crippen LogP contribution < -0.4 is 9.47 Å². The number of halogens is 2. The van der Waals surface area contributed by atoms with E-state index in [0.29, 0.717) is 17.7 Å². The maximum atomic E-state index is 12.1. The van der Waals surface area contributed by atoms with Crippen LogP contribution in [0.5, 0.6) is 11.5 Å². The van der Waals surface area contributed by atoms with Crippen LogP contribution in [0.25, 0.3) is 0 Å². The minimum atomic E-state index is -2.86. The number of benzene rings is 2. The molecule has 0 aliphatic carbocycles. The van der Waals surface area contributed by atoms with Crippen LogP contribution in [-0.4, -0.2) is 18.3 Å². The lowest BCUT2D eigenvalue weighted by Crippen LogP contribution is -2.04. The van der Waals surface area contributed by atoms with Crippen molar-refractivity contribution in [1.82, 2.24) is 0 Å². The van der Waals surface area contributed by atoms with Gasteiger partial charge in [0.25, 0.3) is 0 Å². The smallest absolute Gasteiger partial charge is 0.387 e. The van der Waals surface area contributed by atoms with Gasteiger partial charge in [0, 0.05) is 12.0 Å². The van der Waals surface area contributed by atoms with Gasteiger partial charge in [-0.15, -0.1) is 0 Å². The SMILES string of the molecule is OC(c1ccc(OC(F)F)cc1)c1cccc2c1OCC2. The Hall–Kier alpha value is -2.14. The number of hydrogen-bond acceptors (Lipinski definition) is 3. The topological polar surface area (TPSA) is 38.7 Å². The number of aliphatic hydroxyl groups is 1. The third-order valence-electron chi connectivity index (χ3n) is 3.46. The van der Waals surface area contributed by atoms with Crippen molar-refractivity contribution in [2.45, 2.75) is 19.1 Å². The second-order valence-corrected chi connectivity index (χ2v) is 4.78. The van der Waals surface area contributed by atoms with E-state index in [1.807, 2.05) is 12.1 Å². The highest BCUT2D eigenvalue weighted by atomic mass is 19.3. The first-order valence-corrected chi connectivity index (χ1v) is 6.62. The molecule has 0 aromatic heterocycles. The molecule has 21 heavy (non-hydrogen) atoms. The highest BCUT2D eigenvalue weighted by Gasteiger charge is 2.21. The number of hydrogen-bond donors (Lipinski definition) is 1. The highest BCUT2D eigenvalue weighted by Crippen LogP contribution is 2.36. The van der Waals surface area contributed by atoms with E-state index in [1.54, 1.807) is 18.2 Å². The fourth-order valence-electron chi connectivity index (χ4n) is 2.47. The molecule has 1 aliphatic heterocycles. The Labute approximate surface area is 120 Å². The predicted molar refractivity (Wildman–Crippen MR) is 72.8 cm³/mol. The number of para-hydroxylation sites is 1. The van der Waals surface area contributed by atoms with Gasteiger partial charge in [0.2, 0.25) is 0 Å². The summed E-state index contributed by atoms with van der Waals surface area (Å²) in [5, 5.41) is 10.5. The van der Waals surface area contributed by atoms with Gasteiger partial charge in [0.05, 0.1) is 6.61 Å². The van der Waals surface area contributed by atoms with Gasteiger partial charge >= 0.3 is 6.61 Å². The normalized spacial score (nSPS) is 14.7. The molecule has 1 heterocycles. The molecule has 1 aliphatic rings. The maximum absolute atomic E-state index is 12.1. The first-order valence-electron chi connectivity index (χ1n) is 6.62. The van der Waals surface area contributed by atoms with Crippen LogP contribution in [-0.2, 0) is 6.42 Å². The van der Waals surface area contributed by atoms with Crippen molar-refractivity contribution in [3.63, 3.8) is 0 Å². The van der Waals surface area contributed by atoms with Gasteiger partial charge in [-0.3, -0.25) is 0 Å². The Kier molecular flexibility index (Phi) is 3.75. The second-order valence-electron chi connectivity index (χ2n) is 4.78. The molecule has 2 aromatic carbocycles.